The van der Waals surface area contributed by atoms with E-state index in [0.29, 0.717) is 0 Å². The van der Waals surface area contributed by atoms with Gasteiger partial charge in [-0.3, -0.25) is 15.0 Å². The lowest BCUT2D eigenvalue weighted by Gasteiger charge is -2.29. The van der Waals surface area contributed by atoms with Crippen LogP contribution in [0.3, 0.4) is 0 Å². The van der Waals surface area contributed by atoms with Gasteiger partial charge in [-0.2, -0.15) is 0 Å². The standard InChI is InChI=1S/C9H18N4O2/c1-11-9(15)12-8(14)6-13-4-2-3-7(10)5-13/h7H,2-6,10H2,1H3,(H2,11,12,14,15)/t7-/m1/s1. The van der Waals surface area contributed by atoms with E-state index in [0.717, 1.165) is 25.9 Å². The first-order valence-electron chi connectivity index (χ1n) is 5.11. The Hall–Kier alpha value is -1.14. The zero-order valence-corrected chi connectivity index (χ0v) is 8.95. The van der Waals surface area contributed by atoms with Gasteiger partial charge in [-0.15, -0.1) is 0 Å². The highest BCUT2D eigenvalue weighted by atomic mass is 16.2. The molecule has 1 heterocycles. The molecule has 0 aromatic heterocycles. The zero-order chi connectivity index (χ0) is 11.3. The number of likely N-dealkylation sites (tertiary alicyclic amines) is 1. The van der Waals surface area contributed by atoms with Crippen LogP contribution in [0.1, 0.15) is 12.8 Å². The maximum absolute atomic E-state index is 11.3. The van der Waals surface area contributed by atoms with Gasteiger partial charge in [0.2, 0.25) is 5.91 Å². The molecule has 4 N–H and O–H groups in total. The van der Waals surface area contributed by atoms with E-state index in [1.165, 1.54) is 7.05 Å². The first kappa shape index (κ1) is 11.9. The Morgan fingerprint density at radius 3 is 2.87 bits per heavy atom. The lowest BCUT2D eigenvalue weighted by molar-refractivity contribution is -0.121. The molecule has 0 radical (unpaired) electrons. The summed E-state index contributed by atoms with van der Waals surface area (Å²) in [5.41, 5.74) is 5.78. The fourth-order valence-corrected chi connectivity index (χ4v) is 1.67. The number of nitrogens with one attached hydrogen (secondary N) is 2. The predicted octanol–water partition coefficient (Wildman–Crippen LogP) is -1.13. The van der Waals surface area contributed by atoms with Gasteiger partial charge >= 0.3 is 6.03 Å². The second-order valence-electron chi connectivity index (χ2n) is 3.76. The van der Waals surface area contributed by atoms with E-state index in [1.807, 2.05) is 4.90 Å². The van der Waals surface area contributed by atoms with E-state index in [4.69, 9.17) is 5.73 Å². The summed E-state index contributed by atoms with van der Waals surface area (Å²) >= 11 is 0. The number of nitrogens with two attached hydrogens (primary N) is 1. The molecular formula is C9H18N4O2. The largest absolute Gasteiger partial charge is 0.341 e. The van der Waals surface area contributed by atoms with Gasteiger partial charge in [-0.05, 0) is 19.4 Å². The van der Waals surface area contributed by atoms with Crippen molar-refractivity contribution in [3.05, 3.63) is 0 Å². The number of rotatable bonds is 2. The molecule has 1 atom stereocenters. The number of imide groups is 1. The number of hydrogen-bond donors (Lipinski definition) is 3. The molecule has 0 unspecified atom stereocenters. The highest BCUT2D eigenvalue weighted by Gasteiger charge is 2.19. The molecule has 0 aliphatic carbocycles. The summed E-state index contributed by atoms with van der Waals surface area (Å²) < 4.78 is 0. The van der Waals surface area contributed by atoms with Gasteiger partial charge < -0.3 is 11.1 Å². The summed E-state index contributed by atoms with van der Waals surface area (Å²) in [5, 5.41) is 4.55. The van der Waals surface area contributed by atoms with E-state index in [9.17, 15) is 9.59 Å². The zero-order valence-electron chi connectivity index (χ0n) is 8.95. The van der Waals surface area contributed by atoms with Crippen molar-refractivity contribution in [2.24, 2.45) is 5.73 Å². The summed E-state index contributed by atoms with van der Waals surface area (Å²) in [5.74, 6) is -0.288. The van der Waals surface area contributed by atoms with Crippen molar-refractivity contribution in [1.82, 2.24) is 15.5 Å². The highest BCUT2D eigenvalue weighted by Crippen LogP contribution is 2.06. The number of hydrogen-bond acceptors (Lipinski definition) is 4. The van der Waals surface area contributed by atoms with Crippen molar-refractivity contribution in [3.8, 4) is 0 Å². The van der Waals surface area contributed by atoms with Crippen molar-refractivity contribution in [1.29, 1.82) is 0 Å². The third-order valence-electron chi connectivity index (χ3n) is 2.39. The van der Waals surface area contributed by atoms with Gasteiger partial charge in [-0.25, -0.2) is 4.79 Å². The van der Waals surface area contributed by atoms with Crippen LogP contribution in [-0.4, -0.2) is 49.6 Å². The van der Waals surface area contributed by atoms with Crippen molar-refractivity contribution >= 4 is 11.9 Å². The van der Waals surface area contributed by atoms with Crippen molar-refractivity contribution in [2.45, 2.75) is 18.9 Å². The Bertz CT molecular complexity index is 244. The fraction of sp³-hybridized carbons (Fsp3) is 0.778. The van der Waals surface area contributed by atoms with E-state index in [2.05, 4.69) is 10.6 Å². The second kappa shape index (κ2) is 5.67. The molecule has 0 aromatic rings. The summed E-state index contributed by atoms with van der Waals surface area (Å²) in [6, 6.07) is -0.326. The van der Waals surface area contributed by atoms with Crippen molar-refractivity contribution < 1.29 is 9.59 Å². The number of carbonyl (C=O) groups excluding carboxylic acids is 2. The molecule has 1 rings (SSSR count). The molecule has 86 valence electrons. The Labute approximate surface area is 89.2 Å². The van der Waals surface area contributed by atoms with E-state index < -0.39 is 6.03 Å². The summed E-state index contributed by atoms with van der Waals surface area (Å²) in [4.78, 5) is 24.1. The number of carbonyl (C=O) groups is 2. The second-order valence-corrected chi connectivity index (χ2v) is 3.76. The van der Waals surface area contributed by atoms with E-state index in [1.54, 1.807) is 0 Å². The number of piperidine rings is 1. The minimum atomic E-state index is -0.471. The average molecular weight is 214 g/mol. The van der Waals surface area contributed by atoms with Gasteiger partial charge in [0.05, 0.1) is 6.54 Å². The van der Waals surface area contributed by atoms with Crippen LogP contribution < -0.4 is 16.4 Å². The molecule has 3 amide bonds. The van der Waals surface area contributed by atoms with E-state index >= 15 is 0 Å². The van der Waals surface area contributed by atoms with Crippen molar-refractivity contribution in [2.75, 3.05) is 26.7 Å². The average Bonchev–Trinajstić information content (AvgIpc) is 2.17. The highest BCUT2D eigenvalue weighted by molar-refractivity contribution is 5.95. The molecule has 1 fully saturated rings. The minimum Gasteiger partial charge on any atom is -0.341 e. The molecule has 1 saturated heterocycles. The topological polar surface area (TPSA) is 87.5 Å². The number of urea groups is 1. The first-order chi connectivity index (χ1) is 7.11. The maximum Gasteiger partial charge on any atom is 0.321 e. The van der Waals surface area contributed by atoms with Gasteiger partial charge in [-0.1, -0.05) is 0 Å². The SMILES string of the molecule is CNC(=O)NC(=O)CN1CCC[C@@H](N)C1. The van der Waals surface area contributed by atoms with Crippen LogP contribution in [-0.2, 0) is 4.79 Å². The predicted molar refractivity (Wildman–Crippen MR) is 56.2 cm³/mol. The normalized spacial score (nSPS) is 22.1. The molecule has 6 nitrogen and oxygen atoms in total. The minimum absolute atomic E-state index is 0.145. The molecule has 6 heteroatoms. The maximum atomic E-state index is 11.3. The molecule has 1 aliphatic heterocycles. The third kappa shape index (κ3) is 4.26. The van der Waals surface area contributed by atoms with Crippen LogP contribution in [0.2, 0.25) is 0 Å². The lowest BCUT2D eigenvalue weighted by atomic mass is 10.1. The van der Waals surface area contributed by atoms with Gasteiger partial charge in [0.15, 0.2) is 0 Å². The quantitative estimate of drug-likeness (QED) is 0.542. The van der Waals surface area contributed by atoms with Gasteiger partial charge in [0.1, 0.15) is 0 Å². The Morgan fingerprint density at radius 1 is 1.53 bits per heavy atom. The summed E-state index contributed by atoms with van der Waals surface area (Å²) in [6.07, 6.45) is 2.02. The number of nitrogens with zero attached hydrogens (tertiary/aromatic N) is 1. The first-order valence-corrected chi connectivity index (χ1v) is 5.11. The Kier molecular flexibility index (Phi) is 4.51. The molecule has 0 bridgehead atoms. The monoisotopic (exact) mass is 214 g/mol. The third-order valence-corrected chi connectivity index (χ3v) is 2.39. The van der Waals surface area contributed by atoms with Crippen LogP contribution in [0, 0.1) is 0 Å². The molecule has 15 heavy (non-hydrogen) atoms. The van der Waals surface area contributed by atoms with Crippen LogP contribution in [0.4, 0.5) is 4.79 Å². The van der Waals surface area contributed by atoms with Gasteiger partial charge in [0.25, 0.3) is 0 Å². The summed E-state index contributed by atoms with van der Waals surface area (Å²) in [6.45, 7) is 1.83. The van der Waals surface area contributed by atoms with E-state index in [-0.39, 0.29) is 18.5 Å². The van der Waals surface area contributed by atoms with Crippen LogP contribution in [0.15, 0.2) is 0 Å². The van der Waals surface area contributed by atoms with Gasteiger partial charge in [0, 0.05) is 19.6 Å². The summed E-state index contributed by atoms with van der Waals surface area (Å²) in [7, 11) is 1.47. The molecular weight excluding hydrogens is 196 g/mol. The molecule has 0 aromatic carbocycles. The molecule has 0 saturated carbocycles. The smallest absolute Gasteiger partial charge is 0.321 e. The Balaban J connectivity index is 2.27. The van der Waals surface area contributed by atoms with Crippen molar-refractivity contribution in [3.63, 3.8) is 0 Å². The Morgan fingerprint density at radius 2 is 2.27 bits per heavy atom. The van der Waals surface area contributed by atoms with Crippen LogP contribution >= 0.6 is 0 Å². The van der Waals surface area contributed by atoms with Crippen LogP contribution in [0.5, 0.6) is 0 Å². The number of amides is 3. The molecule has 1 aliphatic rings. The lowest BCUT2D eigenvalue weighted by Crippen LogP contribution is -2.48. The molecule has 0 spiro atoms. The fourth-order valence-electron chi connectivity index (χ4n) is 1.67. The van der Waals surface area contributed by atoms with Crippen LogP contribution in [0.25, 0.3) is 0 Å².